The monoisotopic (exact) mass is 317 g/mol. The van der Waals surface area contributed by atoms with Crippen LogP contribution in [0.2, 0.25) is 0 Å². The van der Waals surface area contributed by atoms with E-state index in [1.807, 2.05) is 0 Å². The van der Waals surface area contributed by atoms with E-state index in [9.17, 15) is 12.8 Å². The second kappa shape index (κ2) is 7.31. The Morgan fingerprint density at radius 1 is 1.33 bits per heavy atom. The van der Waals surface area contributed by atoms with E-state index in [-0.39, 0.29) is 23.1 Å². The quantitative estimate of drug-likeness (QED) is 0.748. The number of ether oxygens (including phenoxy) is 1. The molecule has 2 rings (SSSR count). The minimum Gasteiger partial charge on any atom is -0.392 e. The van der Waals surface area contributed by atoms with E-state index in [1.54, 1.807) is 0 Å². The summed E-state index contributed by atoms with van der Waals surface area (Å²) in [7, 11) is -3.71. The molecular weight excluding hydrogens is 297 g/mol. The zero-order valence-corrected chi connectivity index (χ0v) is 12.5. The summed E-state index contributed by atoms with van der Waals surface area (Å²) < 4.78 is 45.3. The smallest absolute Gasteiger partial charge is 0.240 e. The largest absolute Gasteiger partial charge is 0.392 e. The molecule has 0 amide bonds. The van der Waals surface area contributed by atoms with Crippen LogP contribution in [0.4, 0.5) is 4.39 Å². The number of hydrogen-bond donors (Lipinski definition) is 2. The van der Waals surface area contributed by atoms with Crippen LogP contribution in [0.5, 0.6) is 0 Å². The highest BCUT2D eigenvalue weighted by atomic mass is 32.2. The van der Waals surface area contributed by atoms with Gasteiger partial charge in [0.05, 0.1) is 24.2 Å². The van der Waals surface area contributed by atoms with Gasteiger partial charge in [-0.2, -0.15) is 0 Å². The first-order valence-corrected chi connectivity index (χ1v) is 8.52. The molecule has 1 aromatic carbocycles. The van der Waals surface area contributed by atoms with Gasteiger partial charge in [-0.1, -0.05) is 12.8 Å². The third kappa shape index (κ3) is 4.47. The van der Waals surface area contributed by atoms with Crippen LogP contribution in [-0.2, 0) is 21.4 Å². The molecule has 1 aromatic rings. The minimum atomic E-state index is -3.71. The maximum absolute atomic E-state index is 13.2. The predicted molar refractivity (Wildman–Crippen MR) is 75.7 cm³/mol. The van der Waals surface area contributed by atoms with E-state index < -0.39 is 22.4 Å². The Labute approximate surface area is 124 Å². The van der Waals surface area contributed by atoms with Crippen LogP contribution in [0.25, 0.3) is 0 Å². The molecule has 0 saturated heterocycles. The van der Waals surface area contributed by atoms with Crippen LogP contribution in [0.15, 0.2) is 23.1 Å². The molecule has 2 N–H and O–H groups in total. The van der Waals surface area contributed by atoms with Gasteiger partial charge in [-0.15, -0.1) is 0 Å². The average molecular weight is 317 g/mol. The molecule has 0 unspecified atom stereocenters. The van der Waals surface area contributed by atoms with Crippen LogP contribution in [0, 0.1) is 5.82 Å². The van der Waals surface area contributed by atoms with Crippen LogP contribution in [-0.4, -0.2) is 32.8 Å². The van der Waals surface area contributed by atoms with E-state index in [1.165, 1.54) is 6.07 Å². The fourth-order valence-corrected chi connectivity index (χ4v) is 3.44. The van der Waals surface area contributed by atoms with Crippen molar-refractivity contribution in [2.24, 2.45) is 0 Å². The molecule has 0 atom stereocenters. The standard InChI is InChI=1S/C14H20FNO4S/c15-14-6-5-13(9-11(14)10-17)21(18,19)16-7-8-20-12-3-1-2-4-12/h5-6,9,12,16-17H,1-4,7-8,10H2. The van der Waals surface area contributed by atoms with Crippen LogP contribution in [0.1, 0.15) is 31.2 Å². The van der Waals surface area contributed by atoms with Gasteiger partial charge in [0.25, 0.3) is 0 Å². The van der Waals surface area contributed by atoms with Gasteiger partial charge in [0.2, 0.25) is 10.0 Å². The summed E-state index contributed by atoms with van der Waals surface area (Å²) in [6.07, 6.45) is 4.63. The number of halogens is 1. The third-order valence-electron chi connectivity index (χ3n) is 3.55. The number of aliphatic hydroxyl groups excluding tert-OH is 1. The molecule has 0 aliphatic heterocycles. The number of aliphatic hydroxyl groups is 1. The Bertz CT molecular complexity index is 570. The molecule has 7 heteroatoms. The van der Waals surface area contributed by atoms with Gasteiger partial charge < -0.3 is 9.84 Å². The molecular formula is C14H20FNO4S. The fourth-order valence-electron chi connectivity index (χ4n) is 2.38. The summed E-state index contributed by atoms with van der Waals surface area (Å²) in [6.45, 7) is -0.0530. The summed E-state index contributed by atoms with van der Waals surface area (Å²) >= 11 is 0. The lowest BCUT2D eigenvalue weighted by Gasteiger charge is -2.12. The molecule has 0 radical (unpaired) electrons. The SMILES string of the molecule is O=S(=O)(NCCOC1CCCC1)c1ccc(F)c(CO)c1. The number of nitrogens with one attached hydrogen (secondary N) is 1. The Balaban J connectivity index is 1.88. The topological polar surface area (TPSA) is 75.6 Å². The molecule has 1 fully saturated rings. The summed E-state index contributed by atoms with van der Waals surface area (Å²) in [4.78, 5) is -0.0613. The molecule has 118 valence electrons. The van der Waals surface area contributed by atoms with Crippen LogP contribution < -0.4 is 4.72 Å². The molecule has 0 bridgehead atoms. The maximum atomic E-state index is 13.2. The maximum Gasteiger partial charge on any atom is 0.240 e. The first-order valence-electron chi connectivity index (χ1n) is 7.03. The van der Waals surface area contributed by atoms with Crippen molar-refractivity contribution < 1.29 is 22.7 Å². The summed E-state index contributed by atoms with van der Waals surface area (Å²) in [6, 6.07) is 3.35. The molecule has 0 heterocycles. The fraction of sp³-hybridized carbons (Fsp3) is 0.571. The molecule has 1 aliphatic carbocycles. The minimum absolute atomic E-state index is 0.0416. The Hall–Kier alpha value is -1.02. The van der Waals surface area contributed by atoms with Gasteiger partial charge in [-0.25, -0.2) is 17.5 Å². The van der Waals surface area contributed by atoms with Crippen molar-refractivity contribution in [1.29, 1.82) is 0 Å². The molecule has 5 nitrogen and oxygen atoms in total. The Kier molecular flexibility index (Phi) is 5.69. The van der Waals surface area contributed by atoms with Gasteiger partial charge in [0, 0.05) is 12.1 Å². The Morgan fingerprint density at radius 3 is 2.71 bits per heavy atom. The zero-order valence-electron chi connectivity index (χ0n) is 11.7. The lowest BCUT2D eigenvalue weighted by Crippen LogP contribution is -2.28. The summed E-state index contributed by atoms with van der Waals surface area (Å²) in [5.74, 6) is -0.624. The van der Waals surface area contributed by atoms with Gasteiger partial charge >= 0.3 is 0 Å². The van der Waals surface area contributed by atoms with E-state index in [0.717, 1.165) is 37.8 Å². The normalized spacial score (nSPS) is 16.5. The van der Waals surface area contributed by atoms with Crippen molar-refractivity contribution in [2.45, 2.75) is 43.3 Å². The van der Waals surface area contributed by atoms with E-state index >= 15 is 0 Å². The van der Waals surface area contributed by atoms with E-state index in [2.05, 4.69) is 4.72 Å². The molecule has 0 aromatic heterocycles. The second-order valence-corrected chi connectivity index (χ2v) is 6.85. The average Bonchev–Trinajstić information content (AvgIpc) is 2.97. The zero-order chi connectivity index (χ0) is 15.3. The lowest BCUT2D eigenvalue weighted by molar-refractivity contribution is 0.0626. The number of hydrogen-bond acceptors (Lipinski definition) is 4. The highest BCUT2D eigenvalue weighted by Crippen LogP contribution is 2.20. The van der Waals surface area contributed by atoms with Crippen LogP contribution in [0.3, 0.4) is 0 Å². The summed E-state index contributed by atoms with van der Waals surface area (Å²) in [5.41, 5.74) is -0.0416. The van der Waals surface area contributed by atoms with Gasteiger partial charge in [0.15, 0.2) is 0 Å². The van der Waals surface area contributed by atoms with Crippen molar-refractivity contribution in [3.8, 4) is 0 Å². The van der Waals surface area contributed by atoms with Crippen molar-refractivity contribution in [1.82, 2.24) is 4.72 Å². The molecule has 1 aliphatic rings. The van der Waals surface area contributed by atoms with E-state index in [4.69, 9.17) is 9.84 Å². The van der Waals surface area contributed by atoms with Crippen LogP contribution >= 0.6 is 0 Å². The third-order valence-corrected chi connectivity index (χ3v) is 5.01. The highest BCUT2D eigenvalue weighted by Gasteiger charge is 2.17. The van der Waals surface area contributed by atoms with Crippen molar-refractivity contribution in [3.63, 3.8) is 0 Å². The Morgan fingerprint density at radius 2 is 2.05 bits per heavy atom. The van der Waals surface area contributed by atoms with Gasteiger partial charge in [0.1, 0.15) is 5.82 Å². The van der Waals surface area contributed by atoms with Gasteiger partial charge in [-0.3, -0.25) is 0 Å². The first kappa shape index (κ1) is 16.4. The first-order chi connectivity index (χ1) is 10.0. The van der Waals surface area contributed by atoms with E-state index in [0.29, 0.717) is 6.61 Å². The van der Waals surface area contributed by atoms with Crippen molar-refractivity contribution in [2.75, 3.05) is 13.2 Å². The molecule has 0 spiro atoms. The van der Waals surface area contributed by atoms with Gasteiger partial charge in [-0.05, 0) is 31.0 Å². The predicted octanol–water partition coefficient (Wildman–Crippen LogP) is 1.56. The van der Waals surface area contributed by atoms with Crippen molar-refractivity contribution >= 4 is 10.0 Å². The molecule has 1 saturated carbocycles. The highest BCUT2D eigenvalue weighted by molar-refractivity contribution is 7.89. The summed E-state index contributed by atoms with van der Waals surface area (Å²) in [5, 5.41) is 8.97. The number of sulfonamides is 1. The van der Waals surface area contributed by atoms with Crippen molar-refractivity contribution in [3.05, 3.63) is 29.6 Å². The number of rotatable bonds is 7. The molecule has 21 heavy (non-hydrogen) atoms. The lowest BCUT2D eigenvalue weighted by atomic mass is 10.2. The number of benzene rings is 1. The second-order valence-electron chi connectivity index (χ2n) is 5.09.